The van der Waals surface area contributed by atoms with Crippen LogP contribution in [-0.4, -0.2) is 35.9 Å². The van der Waals surface area contributed by atoms with Crippen molar-refractivity contribution in [2.24, 2.45) is 5.92 Å². The second kappa shape index (κ2) is 7.47. The van der Waals surface area contributed by atoms with E-state index < -0.39 is 36.1 Å². The fraction of sp³-hybridized carbons (Fsp3) is 0.471. The Bertz CT molecular complexity index is 631. The number of ketones is 1. The number of Topliss-reactive ketones (excluding diaryl/α,β-unsaturated/α-hetero) is 1. The van der Waals surface area contributed by atoms with Gasteiger partial charge in [0, 0.05) is 19.5 Å². The summed E-state index contributed by atoms with van der Waals surface area (Å²) >= 11 is 0. The molecule has 0 saturated carbocycles. The summed E-state index contributed by atoms with van der Waals surface area (Å²) in [5, 5.41) is 9.11. The summed E-state index contributed by atoms with van der Waals surface area (Å²) in [7, 11) is 0. The van der Waals surface area contributed by atoms with Gasteiger partial charge in [-0.1, -0.05) is 30.3 Å². The van der Waals surface area contributed by atoms with Crippen LogP contribution >= 0.6 is 0 Å². The molecule has 2 rings (SSSR count). The molecule has 0 unspecified atom stereocenters. The second-order valence-corrected chi connectivity index (χ2v) is 5.77. The van der Waals surface area contributed by atoms with Gasteiger partial charge in [-0.3, -0.25) is 9.59 Å². The van der Waals surface area contributed by atoms with E-state index in [-0.39, 0.29) is 5.56 Å². The number of nitriles is 1. The summed E-state index contributed by atoms with van der Waals surface area (Å²) in [5.41, 5.74) is -0.0522. The second-order valence-electron chi connectivity index (χ2n) is 5.77. The van der Waals surface area contributed by atoms with Crippen molar-refractivity contribution < 1.29 is 22.8 Å². The van der Waals surface area contributed by atoms with Gasteiger partial charge < -0.3 is 4.90 Å². The van der Waals surface area contributed by atoms with Crippen molar-refractivity contribution >= 4 is 11.7 Å². The van der Waals surface area contributed by atoms with Gasteiger partial charge in [-0.05, 0) is 18.4 Å². The maximum atomic E-state index is 13.3. The van der Waals surface area contributed by atoms with Crippen LogP contribution in [0.4, 0.5) is 13.2 Å². The Balaban J connectivity index is 2.17. The molecular formula is C17H17F3N2O2. The molecule has 1 aliphatic heterocycles. The van der Waals surface area contributed by atoms with Crippen molar-refractivity contribution in [1.29, 1.82) is 5.26 Å². The zero-order valence-electron chi connectivity index (χ0n) is 12.9. The molecule has 128 valence electrons. The molecule has 4 nitrogen and oxygen atoms in total. The third-order valence-corrected chi connectivity index (χ3v) is 4.12. The number of nitrogens with zero attached hydrogens (tertiary/aromatic N) is 2. The Morgan fingerprint density at radius 3 is 2.25 bits per heavy atom. The lowest BCUT2D eigenvalue weighted by molar-refractivity contribution is -0.158. The first-order valence-electron chi connectivity index (χ1n) is 7.67. The molecule has 0 aromatic heterocycles. The largest absolute Gasteiger partial charge is 0.396 e. The van der Waals surface area contributed by atoms with Gasteiger partial charge >= 0.3 is 6.18 Å². The van der Waals surface area contributed by atoms with Gasteiger partial charge in [0.05, 0.1) is 12.0 Å². The van der Waals surface area contributed by atoms with Crippen molar-refractivity contribution in [3.05, 3.63) is 35.9 Å². The van der Waals surface area contributed by atoms with Crippen LogP contribution in [0.5, 0.6) is 0 Å². The highest BCUT2D eigenvalue weighted by molar-refractivity contribution is 6.04. The summed E-state index contributed by atoms with van der Waals surface area (Å²) < 4.78 is 39.9. The Morgan fingerprint density at radius 1 is 1.17 bits per heavy atom. The van der Waals surface area contributed by atoms with Crippen LogP contribution < -0.4 is 0 Å². The Hall–Kier alpha value is -2.36. The third kappa shape index (κ3) is 4.13. The van der Waals surface area contributed by atoms with Gasteiger partial charge in [-0.15, -0.1) is 0 Å². The highest BCUT2D eigenvalue weighted by atomic mass is 19.4. The monoisotopic (exact) mass is 338 g/mol. The van der Waals surface area contributed by atoms with E-state index in [1.807, 2.05) is 0 Å². The van der Waals surface area contributed by atoms with Gasteiger partial charge in [0.1, 0.15) is 0 Å². The number of carbonyl (C=O) groups excluding carboxylic acids is 2. The number of carbonyl (C=O) groups is 2. The average Bonchev–Trinajstić information content (AvgIpc) is 3.07. The van der Waals surface area contributed by atoms with E-state index in [4.69, 9.17) is 5.26 Å². The molecule has 0 aliphatic carbocycles. The zero-order chi connectivity index (χ0) is 17.7. The van der Waals surface area contributed by atoms with Crippen molar-refractivity contribution in [1.82, 2.24) is 4.90 Å². The minimum Gasteiger partial charge on any atom is -0.341 e. The lowest BCUT2D eigenvalue weighted by Crippen LogP contribution is -2.38. The Labute approximate surface area is 137 Å². The SMILES string of the molecule is N#C[C@@H](C(=O)C[C@@H](c1ccccc1)C(F)(F)F)C(=O)N1CCCC1. The first kappa shape index (κ1) is 18.0. The standard InChI is InChI=1S/C17H17F3N2O2/c18-17(19,20)14(12-6-2-1-3-7-12)10-15(23)13(11-21)16(24)22-8-4-5-9-22/h1-3,6-7,13-14H,4-5,8-10H2/t13-,14-/m0/s1. The quantitative estimate of drug-likeness (QED) is 0.775. The summed E-state index contributed by atoms with van der Waals surface area (Å²) in [6, 6.07) is 8.64. The van der Waals surface area contributed by atoms with Crippen LogP contribution in [-0.2, 0) is 9.59 Å². The molecule has 0 N–H and O–H groups in total. The first-order chi connectivity index (χ1) is 11.3. The molecule has 7 heteroatoms. The number of hydrogen-bond acceptors (Lipinski definition) is 3. The lowest BCUT2D eigenvalue weighted by atomic mass is 9.88. The number of hydrogen-bond donors (Lipinski definition) is 0. The van der Waals surface area contributed by atoms with Gasteiger partial charge in [0.2, 0.25) is 5.91 Å². The van der Waals surface area contributed by atoms with E-state index in [0.717, 1.165) is 12.8 Å². The van der Waals surface area contributed by atoms with Crippen molar-refractivity contribution in [3.63, 3.8) is 0 Å². The molecule has 0 radical (unpaired) electrons. The van der Waals surface area contributed by atoms with E-state index in [1.165, 1.54) is 29.2 Å². The highest BCUT2D eigenvalue weighted by Gasteiger charge is 2.44. The van der Waals surface area contributed by atoms with E-state index >= 15 is 0 Å². The predicted molar refractivity (Wildman–Crippen MR) is 79.8 cm³/mol. The molecule has 0 spiro atoms. The molecule has 1 heterocycles. The van der Waals surface area contributed by atoms with E-state index in [1.54, 1.807) is 12.1 Å². The highest BCUT2D eigenvalue weighted by Crippen LogP contribution is 2.38. The van der Waals surface area contributed by atoms with Gasteiger partial charge in [0.25, 0.3) is 0 Å². The third-order valence-electron chi connectivity index (χ3n) is 4.12. The summed E-state index contributed by atoms with van der Waals surface area (Å²) in [5.74, 6) is -5.36. The maximum Gasteiger partial charge on any atom is 0.396 e. The van der Waals surface area contributed by atoms with Crippen LogP contribution in [0.25, 0.3) is 0 Å². The number of likely N-dealkylation sites (tertiary alicyclic amines) is 1. The average molecular weight is 338 g/mol. The predicted octanol–water partition coefficient (Wildman–Crippen LogP) is 3.05. The van der Waals surface area contributed by atoms with Crippen LogP contribution in [0.3, 0.4) is 0 Å². The molecule has 1 fully saturated rings. The Morgan fingerprint density at radius 2 is 1.75 bits per heavy atom. The smallest absolute Gasteiger partial charge is 0.341 e. The summed E-state index contributed by atoms with van der Waals surface area (Å²) in [6.07, 6.45) is -4.00. The number of amides is 1. The molecule has 2 atom stereocenters. The molecule has 1 aromatic rings. The molecule has 1 saturated heterocycles. The zero-order valence-corrected chi connectivity index (χ0v) is 12.9. The van der Waals surface area contributed by atoms with Gasteiger partial charge in [0.15, 0.2) is 11.7 Å². The lowest BCUT2D eigenvalue weighted by Gasteiger charge is -2.22. The molecular weight excluding hydrogens is 321 g/mol. The van der Waals surface area contributed by atoms with Crippen molar-refractivity contribution in [2.75, 3.05) is 13.1 Å². The van der Waals surface area contributed by atoms with Crippen molar-refractivity contribution in [3.8, 4) is 6.07 Å². The fourth-order valence-corrected chi connectivity index (χ4v) is 2.81. The molecule has 0 bridgehead atoms. The molecule has 1 aromatic carbocycles. The topological polar surface area (TPSA) is 61.2 Å². The molecule has 1 aliphatic rings. The number of halogens is 3. The normalized spacial score (nSPS) is 17.2. The number of benzene rings is 1. The summed E-state index contributed by atoms with van der Waals surface area (Å²) in [6.45, 7) is 0.872. The summed E-state index contributed by atoms with van der Waals surface area (Å²) in [4.78, 5) is 25.8. The number of alkyl halides is 3. The fourth-order valence-electron chi connectivity index (χ4n) is 2.81. The maximum absolute atomic E-state index is 13.3. The minimum absolute atomic E-state index is 0.0522. The first-order valence-corrected chi connectivity index (χ1v) is 7.67. The van der Waals surface area contributed by atoms with Crippen LogP contribution in [0.2, 0.25) is 0 Å². The van der Waals surface area contributed by atoms with E-state index in [0.29, 0.717) is 13.1 Å². The minimum atomic E-state index is -4.63. The van der Waals surface area contributed by atoms with Crippen LogP contribution in [0, 0.1) is 17.2 Å². The van der Waals surface area contributed by atoms with Gasteiger partial charge in [-0.25, -0.2) is 0 Å². The molecule has 24 heavy (non-hydrogen) atoms. The Kier molecular flexibility index (Phi) is 5.60. The van der Waals surface area contributed by atoms with Gasteiger partial charge in [-0.2, -0.15) is 18.4 Å². The van der Waals surface area contributed by atoms with E-state index in [9.17, 15) is 22.8 Å². The molecule has 1 amide bonds. The van der Waals surface area contributed by atoms with Crippen LogP contribution in [0.1, 0.15) is 30.7 Å². The number of rotatable bonds is 5. The van der Waals surface area contributed by atoms with Crippen molar-refractivity contribution in [2.45, 2.75) is 31.4 Å². The van der Waals surface area contributed by atoms with Crippen LogP contribution in [0.15, 0.2) is 30.3 Å². The van der Waals surface area contributed by atoms with E-state index in [2.05, 4.69) is 0 Å².